The van der Waals surface area contributed by atoms with Gasteiger partial charge >= 0.3 is 5.97 Å². The Hall–Kier alpha value is -4.04. The maximum absolute atomic E-state index is 13.2. The van der Waals surface area contributed by atoms with Crippen molar-refractivity contribution in [3.8, 4) is 11.1 Å². The van der Waals surface area contributed by atoms with Gasteiger partial charge in [-0.1, -0.05) is 18.2 Å². The number of hydrogen-bond acceptors (Lipinski definition) is 4. The molecule has 3 aromatic rings. The number of carboxylic acids is 1. The molecule has 0 bridgehead atoms. The molecule has 1 saturated heterocycles. The summed E-state index contributed by atoms with van der Waals surface area (Å²) < 4.78 is 4.00. The third-order valence-corrected chi connectivity index (χ3v) is 7.35. The van der Waals surface area contributed by atoms with Crippen molar-refractivity contribution in [3.05, 3.63) is 83.1 Å². The van der Waals surface area contributed by atoms with Crippen LogP contribution in [0.2, 0.25) is 0 Å². The number of β-lactam (4-membered cyclic amide) rings is 1. The molecule has 1 aliphatic carbocycles. The summed E-state index contributed by atoms with van der Waals surface area (Å²) in [5, 5.41) is 19.9. The van der Waals surface area contributed by atoms with Crippen molar-refractivity contribution >= 4 is 23.2 Å². The van der Waals surface area contributed by atoms with Crippen LogP contribution in [0.5, 0.6) is 0 Å². The summed E-state index contributed by atoms with van der Waals surface area (Å²) >= 11 is 0. The molecule has 6 rings (SSSR count). The lowest BCUT2D eigenvalue weighted by Gasteiger charge is -2.44. The summed E-state index contributed by atoms with van der Waals surface area (Å²) in [6.07, 6.45) is 5.42. The van der Waals surface area contributed by atoms with E-state index in [1.165, 1.54) is 4.90 Å². The second-order valence-corrected chi connectivity index (χ2v) is 9.60. The van der Waals surface area contributed by atoms with E-state index >= 15 is 0 Å². The van der Waals surface area contributed by atoms with E-state index in [0.29, 0.717) is 35.2 Å². The van der Waals surface area contributed by atoms with Crippen molar-refractivity contribution in [2.75, 3.05) is 0 Å². The molecule has 8 nitrogen and oxygen atoms in total. The zero-order chi connectivity index (χ0) is 24.6. The lowest BCUT2D eigenvalue weighted by molar-refractivity contribution is -0.671. The highest BCUT2D eigenvalue weighted by molar-refractivity contribution is 6.22. The van der Waals surface area contributed by atoms with Crippen molar-refractivity contribution < 1.29 is 29.2 Å². The number of benzene rings is 2. The van der Waals surface area contributed by atoms with E-state index in [4.69, 9.17) is 0 Å². The first-order valence-corrected chi connectivity index (χ1v) is 11.6. The minimum atomic E-state index is -1.17. The molecule has 1 fully saturated rings. The number of aliphatic hydroxyl groups is 1. The van der Waals surface area contributed by atoms with E-state index in [2.05, 4.69) is 0 Å². The van der Waals surface area contributed by atoms with Gasteiger partial charge in [-0.05, 0) is 59.4 Å². The van der Waals surface area contributed by atoms with Crippen molar-refractivity contribution in [1.82, 2.24) is 9.47 Å². The van der Waals surface area contributed by atoms with Gasteiger partial charge in [0.2, 0.25) is 12.2 Å². The Labute approximate surface area is 201 Å². The third kappa shape index (κ3) is 3.10. The molecule has 8 heteroatoms. The maximum Gasteiger partial charge on any atom is 0.352 e. The molecule has 0 saturated carbocycles. The first-order chi connectivity index (χ1) is 16.7. The Morgan fingerprint density at radius 1 is 1.11 bits per heavy atom. The van der Waals surface area contributed by atoms with E-state index in [1.54, 1.807) is 19.1 Å². The smallest absolute Gasteiger partial charge is 0.352 e. The molecule has 3 heterocycles. The van der Waals surface area contributed by atoms with Crippen LogP contribution in [0.25, 0.3) is 16.7 Å². The molecule has 3 aliphatic rings. The van der Waals surface area contributed by atoms with Gasteiger partial charge in [0.1, 0.15) is 24.6 Å². The summed E-state index contributed by atoms with van der Waals surface area (Å²) in [4.78, 5) is 39.1. The Bertz CT molecular complexity index is 1480. The van der Waals surface area contributed by atoms with Crippen LogP contribution in [0.1, 0.15) is 40.4 Å². The summed E-state index contributed by atoms with van der Waals surface area (Å²) in [6, 6.07) is 10.9. The van der Waals surface area contributed by atoms with Gasteiger partial charge in [-0.2, -0.15) is 0 Å². The predicted molar refractivity (Wildman–Crippen MR) is 125 cm³/mol. The van der Waals surface area contributed by atoms with Crippen LogP contribution in [-0.2, 0) is 23.2 Å². The summed E-state index contributed by atoms with van der Waals surface area (Å²) in [5.74, 6) is -2.17. The van der Waals surface area contributed by atoms with E-state index < -0.39 is 18.0 Å². The Balaban J connectivity index is 1.38. The molecule has 0 radical (unpaired) electrons. The Morgan fingerprint density at radius 3 is 2.57 bits per heavy atom. The van der Waals surface area contributed by atoms with E-state index in [9.17, 15) is 24.6 Å². The van der Waals surface area contributed by atoms with Gasteiger partial charge in [0.15, 0.2) is 5.78 Å². The number of aliphatic carboxylic acids is 1. The van der Waals surface area contributed by atoms with Crippen LogP contribution < -0.4 is 4.57 Å². The summed E-state index contributed by atoms with van der Waals surface area (Å²) in [7, 11) is 1.95. The van der Waals surface area contributed by atoms with Crippen LogP contribution >= 0.6 is 0 Å². The number of carbonyl (C=O) groups is 3. The number of ketones is 1. The topological polar surface area (TPSA) is 104 Å². The SMILES string of the molecule is C[C@@H](O)C1C(=O)N2C(C(=O)O)=C(c3ccc4c(c3)-c3ccc(Cn5cc[n+](C)c5)cc3C4=O)C[C@H]12. The number of aryl methyl sites for hydroxylation is 1. The quantitative estimate of drug-likeness (QED) is 0.343. The van der Waals surface area contributed by atoms with Crippen molar-refractivity contribution in [2.45, 2.75) is 32.0 Å². The van der Waals surface area contributed by atoms with Crippen molar-refractivity contribution in [1.29, 1.82) is 0 Å². The fourth-order valence-corrected chi connectivity index (χ4v) is 5.74. The second kappa shape index (κ2) is 7.48. The average molecular weight is 471 g/mol. The van der Waals surface area contributed by atoms with Crippen LogP contribution in [0.15, 0.2) is 60.8 Å². The fourth-order valence-electron chi connectivity index (χ4n) is 5.74. The number of carboxylic acid groups (broad SMARTS) is 1. The standard InChI is InChI=1S/C27H23N3O5/c1-14(31)23-22-11-19(24(27(34)35)30(22)26(23)33)16-4-6-18-20(10-16)17-5-3-15(9-21(17)25(18)32)12-29-8-7-28(2)13-29/h3-10,13-14,22-23,31H,11-12H2,1-2H3/p+1/t14-,22-,23?/m1/s1. The molecule has 1 unspecified atom stereocenters. The minimum Gasteiger partial charge on any atom is -0.477 e. The summed E-state index contributed by atoms with van der Waals surface area (Å²) in [6.45, 7) is 2.20. The van der Waals surface area contributed by atoms with Gasteiger partial charge in [0, 0.05) is 11.1 Å². The first-order valence-electron chi connectivity index (χ1n) is 11.6. The number of imidazole rings is 1. The van der Waals surface area contributed by atoms with E-state index in [-0.39, 0.29) is 23.4 Å². The van der Waals surface area contributed by atoms with Gasteiger partial charge in [-0.3, -0.25) is 9.59 Å². The molecule has 1 aromatic heterocycles. The van der Waals surface area contributed by atoms with Crippen LogP contribution in [-0.4, -0.2) is 49.5 Å². The number of aliphatic hydroxyl groups excluding tert-OH is 1. The van der Waals surface area contributed by atoms with Gasteiger partial charge in [0.25, 0.3) is 0 Å². The highest BCUT2D eigenvalue weighted by Crippen LogP contribution is 2.48. The number of aromatic nitrogens is 2. The lowest BCUT2D eigenvalue weighted by Crippen LogP contribution is -2.61. The number of carbonyl (C=O) groups excluding carboxylic acids is 2. The minimum absolute atomic E-state index is 0.0309. The highest BCUT2D eigenvalue weighted by Gasteiger charge is 2.56. The zero-order valence-electron chi connectivity index (χ0n) is 19.3. The number of rotatable bonds is 5. The van der Waals surface area contributed by atoms with Gasteiger partial charge < -0.3 is 15.1 Å². The number of fused-ring (bicyclic) bond motifs is 4. The number of nitrogens with zero attached hydrogens (tertiary/aromatic N) is 3. The maximum atomic E-state index is 13.2. The molecule has 176 valence electrons. The average Bonchev–Trinajstić information content (AvgIpc) is 3.46. The first kappa shape index (κ1) is 21.5. The lowest BCUT2D eigenvalue weighted by atomic mass is 9.82. The predicted octanol–water partition coefficient (Wildman–Crippen LogP) is 1.98. The molecular formula is C27H24N3O5+. The van der Waals surface area contributed by atoms with Crippen molar-refractivity contribution in [3.63, 3.8) is 0 Å². The van der Waals surface area contributed by atoms with Gasteiger partial charge in [-0.15, -0.1) is 0 Å². The zero-order valence-corrected chi connectivity index (χ0v) is 19.3. The fraction of sp³-hybridized carbons (Fsp3) is 0.259. The summed E-state index contributed by atoms with van der Waals surface area (Å²) in [5.41, 5.74) is 5.04. The molecule has 0 spiro atoms. The Morgan fingerprint density at radius 2 is 1.89 bits per heavy atom. The molecule has 35 heavy (non-hydrogen) atoms. The number of hydrogen-bond donors (Lipinski definition) is 2. The van der Waals surface area contributed by atoms with Crippen LogP contribution in [0, 0.1) is 5.92 Å². The molecule has 3 atom stereocenters. The molecular weight excluding hydrogens is 446 g/mol. The third-order valence-electron chi connectivity index (χ3n) is 7.35. The van der Waals surface area contributed by atoms with E-state index in [1.807, 2.05) is 59.2 Å². The van der Waals surface area contributed by atoms with Crippen LogP contribution in [0.3, 0.4) is 0 Å². The molecule has 2 aliphatic heterocycles. The van der Waals surface area contributed by atoms with Crippen LogP contribution in [0.4, 0.5) is 0 Å². The van der Waals surface area contributed by atoms with Gasteiger partial charge in [0.05, 0.1) is 25.1 Å². The molecule has 2 N–H and O–H groups in total. The van der Waals surface area contributed by atoms with Crippen molar-refractivity contribution in [2.24, 2.45) is 13.0 Å². The normalized spacial score (nSPS) is 21.1. The Kier molecular flexibility index (Phi) is 4.59. The molecule has 1 amide bonds. The molecule has 2 aromatic carbocycles. The highest BCUT2D eigenvalue weighted by atomic mass is 16.4. The number of amides is 1. The van der Waals surface area contributed by atoms with Gasteiger partial charge in [-0.25, -0.2) is 13.9 Å². The van der Waals surface area contributed by atoms with E-state index in [0.717, 1.165) is 16.7 Å². The second-order valence-electron chi connectivity index (χ2n) is 9.60. The monoisotopic (exact) mass is 470 g/mol. The largest absolute Gasteiger partial charge is 0.477 e.